The predicted molar refractivity (Wildman–Crippen MR) is 103 cm³/mol. The minimum Gasteiger partial charge on any atom is -0.484 e. The Kier molecular flexibility index (Phi) is 5.95. The fraction of sp³-hybridized carbons (Fsp3) is 0.400. The summed E-state index contributed by atoms with van der Waals surface area (Å²) in [6, 6.07) is 4.26. The SMILES string of the molecule is CC(=O)NC[C@H]1CN(c2ccc(OCc3nc(C)c(C)nc3C)c(F)c2)C(=O)O1. The lowest BCUT2D eigenvalue weighted by Gasteiger charge is -2.15. The first-order valence-corrected chi connectivity index (χ1v) is 9.20. The molecular formula is C20H23FN4O4. The molecule has 9 heteroatoms. The highest BCUT2D eigenvalue weighted by Gasteiger charge is 2.32. The van der Waals surface area contributed by atoms with Gasteiger partial charge in [0.2, 0.25) is 5.91 Å². The van der Waals surface area contributed by atoms with Gasteiger partial charge in [-0.2, -0.15) is 0 Å². The number of halogens is 1. The fourth-order valence-corrected chi connectivity index (χ4v) is 2.91. The molecule has 1 fully saturated rings. The van der Waals surface area contributed by atoms with Crippen LogP contribution >= 0.6 is 0 Å². The molecule has 1 atom stereocenters. The van der Waals surface area contributed by atoms with Crippen LogP contribution in [0.25, 0.3) is 0 Å². The molecule has 1 aromatic heterocycles. The van der Waals surface area contributed by atoms with Crippen LogP contribution in [0.1, 0.15) is 29.7 Å². The van der Waals surface area contributed by atoms with E-state index in [4.69, 9.17) is 9.47 Å². The molecule has 1 aromatic carbocycles. The Balaban J connectivity index is 1.67. The van der Waals surface area contributed by atoms with Gasteiger partial charge in [0, 0.05) is 13.0 Å². The van der Waals surface area contributed by atoms with Crippen molar-refractivity contribution in [3.8, 4) is 5.75 Å². The van der Waals surface area contributed by atoms with Crippen LogP contribution in [0.2, 0.25) is 0 Å². The van der Waals surface area contributed by atoms with E-state index in [2.05, 4.69) is 15.3 Å². The number of carbonyl (C=O) groups excluding carboxylic acids is 2. The molecule has 1 aliphatic rings. The zero-order valence-corrected chi connectivity index (χ0v) is 16.8. The number of aryl methyl sites for hydroxylation is 3. The number of benzene rings is 1. The second-order valence-corrected chi connectivity index (χ2v) is 6.88. The van der Waals surface area contributed by atoms with E-state index in [1.54, 1.807) is 6.07 Å². The fourth-order valence-electron chi connectivity index (χ4n) is 2.91. The molecular weight excluding hydrogens is 379 g/mol. The van der Waals surface area contributed by atoms with Gasteiger partial charge in [-0.15, -0.1) is 0 Å². The van der Waals surface area contributed by atoms with Crippen LogP contribution in [0.5, 0.6) is 5.75 Å². The molecule has 0 saturated carbocycles. The number of cyclic esters (lactones) is 1. The molecule has 0 unspecified atom stereocenters. The van der Waals surface area contributed by atoms with Crippen molar-refractivity contribution in [3.63, 3.8) is 0 Å². The first-order chi connectivity index (χ1) is 13.7. The van der Waals surface area contributed by atoms with Crippen molar-refractivity contribution in [2.24, 2.45) is 0 Å². The Morgan fingerprint density at radius 2 is 2.00 bits per heavy atom. The van der Waals surface area contributed by atoms with E-state index in [9.17, 15) is 14.0 Å². The summed E-state index contributed by atoms with van der Waals surface area (Å²) in [4.78, 5) is 33.2. The van der Waals surface area contributed by atoms with Gasteiger partial charge in [0.15, 0.2) is 11.6 Å². The molecule has 1 saturated heterocycles. The number of hydrogen-bond acceptors (Lipinski definition) is 6. The maximum absolute atomic E-state index is 14.5. The van der Waals surface area contributed by atoms with Crippen LogP contribution in [0.4, 0.5) is 14.9 Å². The Labute approximate surface area is 168 Å². The molecule has 154 valence electrons. The summed E-state index contributed by atoms with van der Waals surface area (Å²) in [5, 5.41) is 2.60. The van der Waals surface area contributed by atoms with E-state index in [-0.39, 0.29) is 31.4 Å². The topological polar surface area (TPSA) is 93.7 Å². The quantitative estimate of drug-likeness (QED) is 0.798. The normalized spacial score (nSPS) is 16.0. The lowest BCUT2D eigenvalue weighted by Crippen LogP contribution is -2.33. The minimum absolute atomic E-state index is 0.0514. The van der Waals surface area contributed by atoms with Crippen molar-refractivity contribution < 1.29 is 23.5 Å². The standard InChI is InChI=1S/C20H23FN4O4/c1-11-12(2)24-18(13(3)23-11)10-28-19-6-5-15(7-17(19)21)25-9-16(29-20(25)27)8-22-14(4)26/h5-7,16H,8-10H2,1-4H3,(H,22,26)/t16-/m0/s1. The highest BCUT2D eigenvalue weighted by molar-refractivity contribution is 5.89. The molecule has 2 heterocycles. The number of rotatable bonds is 6. The molecule has 0 aliphatic carbocycles. The summed E-state index contributed by atoms with van der Waals surface area (Å²) < 4.78 is 25.3. The molecule has 2 aromatic rings. The molecule has 29 heavy (non-hydrogen) atoms. The average molecular weight is 402 g/mol. The number of carbonyl (C=O) groups is 2. The van der Waals surface area contributed by atoms with Crippen LogP contribution in [-0.4, -0.2) is 41.2 Å². The molecule has 2 amide bonds. The van der Waals surface area contributed by atoms with Gasteiger partial charge >= 0.3 is 6.09 Å². The molecule has 0 bridgehead atoms. The summed E-state index contributed by atoms with van der Waals surface area (Å²) in [5.41, 5.74) is 3.37. The van der Waals surface area contributed by atoms with Gasteiger partial charge in [0.05, 0.1) is 41.6 Å². The smallest absolute Gasteiger partial charge is 0.414 e. The third-order valence-electron chi connectivity index (χ3n) is 4.62. The van der Waals surface area contributed by atoms with Crippen LogP contribution in [0.15, 0.2) is 18.2 Å². The van der Waals surface area contributed by atoms with E-state index in [1.165, 1.54) is 24.0 Å². The molecule has 3 rings (SSSR count). The maximum atomic E-state index is 14.5. The Morgan fingerprint density at radius 1 is 1.28 bits per heavy atom. The molecule has 1 N–H and O–H groups in total. The summed E-state index contributed by atoms with van der Waals surface area (Å²) >= 11 is 0. The van der Waals surface area contributed by atoms with Gasteiger partial charge in [0.25, 0.3) is 0 Å². The van der Waals surface area contributed by atoms with E-state index in [0.29, 0.717) is 11.4 Å². The molecule has 1 aliphatic heterocycles. The zero-order chi connectivity index (χ0) is 21.1. The first kappa shape index (κ1) is 20.5. The lowest BCUT2D eigenvalue weighted by atomic mass is 10.2. The van der Waals surface area contributed by atoms with Gasteiger partial charge in [0.1, 0.15) is 12.7 Å². The molecule has 0 radical (unpaired) electrons. The van der Waals surface area contributed by atoms with Crippen molar-refractivity contribution in [2.75, 3.05) is 18.0 Å². The van der Waals surface area contributed by atoms with Gasteiger partial charge < -0.3 is 14.8 Å². The summed E-state index contributed by atoms with van der Waals surface area (Å²) in [5.74, 6) is -0.763. The number of nitrogens with one attached hydrogen (secondary N) is 1. The highest BCUT2D eigenvalue weighted by Crippen LogP contribution is 2.27. The summed E-state index contributed by atoms with van der Waals surface area (Å²) in [6.45, 7) is 7.45. The minimum atomic E-state index is -0.602. The number of ether oxygens (including phenoxy) is 2. The van der Waals surface area contributed by atoms with Crippen molar-refractivity contribution in [1.29, 1.82) is 0 Å². The summed E-state index contributed by atoms with van der Waals surface area (Å²) in [7, 11) is 0. The molecule has 0 spiro atoms. The van der Waals surface area contributed by atoms with Crippen LogP contribution in [0.3, 0.4) is 0 Å². The van der Waals surface area contributed by atoms with Gasteiger partial charge in [-0.25, -0.2) is 9.18 Å². The Hall–Kier alpha value is -3.23. The van der Waals surface area contributed by atoms with E-state index < -0.39 is 18.0 Å². The average Bonchev–Trinajstić information content (AvgIpc) is 3.03. The number of aromatic nitrogens is 2. The van der Waals surface area contributed by atoms with Gasteiger partial charge in [-0.1, -0.05) is 0 Å². The first-order valence-electron chi connectivity index (χ1n) is 9.20. The van der Waals surface area contributed by atoms with E-state index in [0.717, 1.165) is 17.1 Å². The van der Waals surface area contributed by atoms with Crippen molar-refractivity contribution >= 4 is 17.7 Å². The highest BCUT2D eigenvalue weighted by atomic mass is 19.1. The van der Waals surface area contributed by atoms with Gasteiger partial charge in [-0.3, -0.25) is 19.7 Å². The number of amides is 2. The predicted octanol–water partition coefficient (Wildman–Crippen LogP) is 2.58. The summed E-state index contributed by atoms with van der Waals surface area (Å²) in [6.07, 6.45) is -1.08. The second kappa shape index (κ2) is 8.42. The lowest BCUT2D eigenvalue weighted by molar-refractivity contribution is -0.119. The van der Waals surface area contributed by atoms with Gasteiger partial charge in [-0.05, 0) is 32.9 Å². The van der Waals surface area contributed by atoms with Crippen LogP contribution in [-0.2, 0) is 16.1 Å². The second-order valence-electron chi connectivity index (χ2n) is 6.88. The van der Waals surface area contributed by atoms with Crippen LogP contribution < -0.4 is 15.0 Å². The monoisotopic (exact) mass is 402 g/mol. The third-order valence-corrected chi connectivity index (χ3v) is 4.62. The van der Waals surface area contributed by atoms with Crippen molar-refractivity contribution in [3.05, 3.63) is 46.8 Å². The largest absolute Gasteiger partial charge is 0.484 e. The van der Waals surface area contributed by atoms with E-state index in [1.807, 2.05) is 20.8 Å². The number of anilines is 1. The van der Waals surface area contributed by atoms with Crippen LogP contribution in [0, 0.1) is 26.6 Å². The number of nitrogens with zero attached hydrogens (tertiary/aromatic N) is 3. The maximum Gasteiger partial charge on any atom is 0.414 e. The zero-order valence-electron chi connectivity index (χ0n) is 16.8. The molecule has 8 nitrogen and oxygen atoms in total. The number of hydrogen-bond donors (Lipinski definition) is 1. The Bertz CT molecular complexity index is 950. The van der Waals surface area contributed by atoms with Crippen molar-refractivity contribution in [1.82, 2.24) is 15.3 Å². The van der Waals surface area contributed by atoms with Crippen molar-refractivity contribution in [2.45, 2.75) is 40.4 Å². The van der Waals surface area contributed by atoms with E-state index >= 15 is 0 Å². The third kappa shape index (κ3) is 4.79. The Morgan fingerprint density at radius 3 is 2.69 bits per heavy atom.